The van der Waals surface area contributed by atoms with E-state index in [-0.39, 0.29) is 0 Å². The normalized spacial score (nSPS) is 16.4. The minimum absolute atomic E-state index is 0.426. The Balaban J connectivity index is 3.85. The summed E-state index contributed by atoms with van der Waals surface area (Å²) in [5, 5.41) is 10.1. The number of rotatable bonds is 18. The summed E-state index contributed by atoms with van der Waals surface area (Å²) in [4.78, 5) is 2.48. The molecule has 4 atom stereocenters. The van der Waals surface area contributed by atoms with Gasteiger partial charge in [0.25, 0.3) is 0 Å². The summed E-state index contributed by atoms with van der Waals surface area (Å²) in [6.07, 6.45) is 13.1. The van der Waals surface area contributed by atoms with Crippen LogP contribution in [0.2, 0.25) is 0 Å². The van der Waals surface area contributed by atoms with Crippen molar-refractivity contribution in [3.8, 4) is 0 Å². The molecule has 0 aliphatic rings. The Labute approximate surface area is 170 Å². The first-order valence-electron chi connectivity index (χ1n) is 11.0. The molecule has 0 aliphatic carbocycles. The van der Waals surface area contributed by atoms with Crippen molar-refractivity contribution in [2.45, 2.75) is 66.0 Å². The molecule has 27 heavy (non-hydrogen) atoms. The fraction of sp³-hybridized carbons (Fsp3) is 0.826. The molecule has 0 heterocycles. The van der Waals surface area contributed by atoms with Gasteiger partial charge in [-0.1, -0.05) is 52.8 Å². The highest BCUT2D eigenvalue weighted by Crippen LogP contribution is 2.16. The van der Waals surface area contributed by atoms with Crippen molar-refractivity contribution in [3.05, 3.63) is 24.9 Å². The van der Waals surface area contributed by atoms with Gasteiger partial charge in [0.1, 0.15) is 0 Å². The van der Waals surface area contributed by atoms with E-state index in [1.54, 1.807) is 6.20 Å². The lowest BCUT2D eigenvalue weighted by Crippen LogP contribution is -2.40. The lowest BCUT2D eigenvalue weighted by atomic mass is 9.93. The molecule has 0 spiro atoms. The van der Waals surface area contributed by atoms with Gasteiger partial charge < -0.3 is 15.5 Å². The average Bonchev–Trinajstić information content (AvgIpc) is 2.62. The molecule has 4 nitrogen and oxygen atoms in total. The zero-order valence-corrected chi connectivity index (χ0v) is 19.1. The summed E-state index contributed by atoms with van der Waals surface area (Å²) in [7, 11) is 4.27. The van der Waals surface area contributed by atoms with E-state index in [0.717, 1.165) is 25.6 Å². The Hall–Kier alpha value is -0.840. The third kappa shape index (κ3) is 15.9. The maximum atomic E-state index is 3.72. The highest BCUT2D eigenvalue weighted by atomic mass is 15.1. The Bertz CT molecular complexity index is 369. The van der Waals surface area contributed by atoms with Crippen molar-refractivity contribution in [1.82, 2.24) is 20.9 Å². The van der Waals surface area contributed by atoms with E-state index < -0.39 is 0 Å². The van der Waals surface area contributed by atoms with Crippen LogP contribution in [-0.4, -0.2) is 51.3 Å². The molecule has 0 aliphatic heterocycles. The van der Waals surface area contributed by atoms with Crippen LogP contribution in [0.25, 0.3) is 0 Å². The maximum Gasteiger partial charge on any atom is 0.0571 e. The second kappa shape index (κ2) is 17.3. The van der Waals surface area contributed by atoms with Crippen LogP contribution >= 0.6 is 0 Å². The summed E-state index contributed by atoms with van der Waals surface area (Å²) in [5.74, 6) is 2.11. The standard InChI is InChI=1S/C23H48N4/c1-8-12-23(24-6)26-15-10-13-21(4)19-27(7)16-11-14-20(3)17-22(5)18-25-9-2/h9-10,13,20-26H,2,8,11-12,14-19H2,1,3-7H3/b13-10-. The van der Waals surface area contributed by atoms with Crippen LogP contribution in [0.5, 0.6) is 0 Å². The molecule has 0 rings (SSSR count). The molecular formula is C23H48N4. The first kappa shape index (κ1) is 26.2. The molecule has 0 aromatic carbocycles. The third-order valence-corrected chi connectivity index (χ3v) is 5.12. The number of hydrogen-bond acceptors (Lipinski definition) is 4. The third-order valence-electron chi connectivity index (χ3n) is 5.12. The zero-order chi connectivity index (χ0) is 20.5. The van der Waals surface area contributed by atoms with Crippen LogP contribution in [0.4, 0.5) is 0 Å². The van der Waals surface area contributed by atoms with Crippen molar-refractivity contribution in [2.24, 2.45) is 17.8 Å². The minimum Gasteiger partial charge on any atom is -0.391 e. The smallest absolute Gasteiger partial charge is 0.0571 e. The number of nitrogens with one attached hydrogen (secondary N) is 3. The van der Waals surface area contributed by atoms with E-state index in [0.29, 0.717) is 18.0 Å². The number of hydrogen-bond donors (Lipinski definition) is 3. The Kier molecular flexibility index (Phi) is 16.7. The molecule has 160 valence electrons. The first-order chi connectivity index (χ1) is 12.9. The molecule has 3 N–H and O–H groups in total. The van der Waals surface area contributed by atoms with Gasteiger partial charge in [-0.25, -0.2) is 0 Å². The molecule has 4 unspecified atom stereocenters. The summed E-state index contributed by atoms with van der Waals surface area (Å²) in [6.45, 7) is 17.3. The van der Waals surface area contributed by atoms with Gasteiger partial charge in [-0.15, -0.1) is 0 Å². The molecule has 0 bridgehead atoms. The molecule has 0 amide bonds. The Morgan fingerprint density at radius 2 is 1.85 bits per heavy atom. The van der Waals surface area contributed by atoms with Crippen LogP contribution < -0.4 is 16.0 Å². The second-order valence-corrected chi connectivity index (χ2v) is 8.41. The van der Waals surface area contributed by atoms with Gasteiger partial charge in [-0.2, -0.15) is 0 Å². The molecule has 0 saturated carbocycles. The van der Waals surface area contributed by atoms with Crippen LogP contribution in [-0.2, 0) is 0 Å². The van der Waals surface area contributed by atoms with Crippen molar-refractivity contribution in [1.29, 1.82) is 0 Å². The van der Waals surface area contributed by atoms with E-state index in [1.165, 1.54) is 38.6 Å². The molecule has 0 saturated heterocycles. The van der Waals surface area contributed by atoms with Gasteiger partial charge in [0.15, 0.2) is 0 Å². The minimum atomic E-state index is 0.426. The van der Waals surface area contributed by atoms with Gasteiger partial charge in [0.05, 0.1) is 6.17 Å². The second-order valence-electron chi connectivity index (χ2n) is 8.41. The van der Waals surface area contributed by atoms with Crippen molar-refractivity contribution in [2.75, 3.05) is 40.3 Å². The van der Waals surface area contributed by atoms with E-state index in [1.807, 2.05) is 7.05 Å². The summed E-state index contributed by atoms with van der Waals surface area (Å²) >= 11 is 0. The van der Waals surface area contributed by atoms with Gasteiger partial charge in [0.2, 0.25) is 0 Å². The zero-order valence-electron chi connectivity index (χ0n) is 19.1. The van der Waals surface area contributed by atoms with E-state index in [4.69, 9.17) is 0 Å². The molecule has 0 aromatic heterocycles. The topological polar surface area (TPSA) is 39.3 Å². The van der Waals surface area contributed by atoms with Crippen LogP contribution in [0.1, 0.15) is 59.8 Å². The summed E-state index contributed by atoms with van der Waals surface area (Å²) in [5.41, 5.74) is 0. The SMILES string of the molecule is C=CNCC(C)CC(C)CCCN(C)CC(C)/C=C\CNC(CCC)NC. The lowest BCUT2D eigenvalue weighted by molar-refractivity contribution is 0.285. The highest BCUT2D eigenvalue weighted by molar-refractivity contribution is 4.89. The number of nitrogens with zero attached hydrogens (tertiary/aromatic N) is 1. The predicted molar refractivity (Wildman–Crippen MR) is 122 cm³/mol. The van der Waals surface area contributed by atoms with Gasteiger partial charge in [-0.05, 0) is 70.3 Å². The monoisotopic (exact) mass is 380 g/mol. The Morgan fingerprint density at radius 1 is 1.11 bits per heavy atom. The largest absolute Gasteiger partial charge is 0.391 e. The maximum absolute atomic E-state index is 3.72. The van der Waals surface area contributed by atoms with Crippen LogP contribution in [0.3, 0.4) is 0 Å². The van der Waals surface area contributed by atoms with E-state index in [9.17, 15) is 0 Å². The summed E-state index contributed by atoms with van der Waals surface area (Å²) in [6, 6.07) is 0. The first-order valence-corrected chi connectivity index (χ1v) is 11.0. The quantitative estimate of drug-likeness (QED) is 0.246. The van der Waals surface area contributed by atoms with Crippen molar-refractivity contribution >= 4 is 0 Å². The van der Waals surface area contributed by atoms with Gasteiger partial charge in [0, 0.05) is 19.6 Å². The van der Waals surface area contributed by atoms with Crippen LogP contribution in [0, 0.1) is 17.8 Å². The molecule has 0 aromatic rings. The van der Waals surface area contributed by atoms with Gasteiger partial charge in [-0.3, -0.25) is 5.32 Å². The molecule has 4 heteroatoms. The molecular weight excluding hydrogens is 332 g/mol. The highest BCUT2D eigenvalue weighted by Gasteiger charge is 2.09. The molecule has 0 radical (unpaired) electrons. The van der Waals surface area contributed by atoms with Crippen molar-refractivity contribution in [3.63, 3.8) is 0 Å². The van der Waals surface area contributed by atoms with Crippen LogP contribution in [0.15, 0.2) is 24.9 Å². The average molecular weight is 381 g/mol. The lowest BCUT2D eigenvalue weighted by Gasteiger charge is -2.21. The van der Waals surface area contributed by atoms with E-state index in [2.05, 4.69) is 74.3 Å². The Morgan fingerprint density at radius 3 is 2.48 bits per heavy atom. The predicted octanol–water partition coefficient (Wildman–Crippen LogP) is 4.22. The molecule has 0 fully saturated rings. The fourth-order valence-corrected chi connectivity index (χ4v) is 3.67. The van der Waals surface area contributed by atoms with Crippen molar-refractivity contribution < 1.29 is 0 Å². The van der Waals surface area contributed by atoms with Gasteiger partial charge >= 0.3 is 0 Å². The summed E-state index contributed by atoms with van der Waals surface area (Å²) < 4.78 is 0. The fourth-order valence-electron chi connectivity index (χ4n) is 3.67. The van der Waals surface area contributed by atoms with E-state index >= 15 is 0 Å².